The van der Waals surface area contributed by atoms with Crippen molar-refractivity contribution in [1.29, 1.82) is 0 Å². The first kappa shape index (κ1) is 10.8. The molecule has 0 atom stereocenters. The lowest BCUT2D eigenvalue weighted by molar-refractivity contribution is -0.385. The molecule has 86 valence electrons. The van der Waals surface area contributed by atoms with Crippen molar-refractivity contribution < 1.29 is 10.0 Å². The molecule has 1 aliphatic carbocycles. The van der Waals surface area contributed by atoms with Gasteiger partial charge in [-0.2, -0.15) is 0 Å². The highest BCUT2D eigenvalue weighted by Crippen LogP contribution is 2.30. The molecule has 0 spiro atoms. The zero-order chi connectivity index (χ0) is 11.5. The van der Waals surface area contributed by atoms with Crippen LogP contribution in [0.25, 0.3) is 0 Å². The summed E-state index contributed by atoms with van der Waals surface area (Å²) in [5.74, 6) is 0.696. The van der Waals surface area contributed by atoms with Gasteiger partial charge in [-0.25, -0.2) is 4.98 Å². The van der Waals surface area contributed by atoms with Crippen LogP contribution in [0, 0.1) is 10.1 Å². The summed E-state index contributed by atoms with van der Waals surface area (Å²) in [7, 11) is 0. The zero-order valence-electron chi connectivity index (χ0n) is 8.74. The van der Waals surface area contributed by atoms with Gasteiger partial charge in [0, 0.05) is 18.7 Å². The third kappa shape index (κ3) is 2.27. The Labute approximate surface area is 92.7 Å². The third-order valence-corrected chi connectivity index (χ3v) is 2.57. The van der Waals surface area contributed by atoms with Crippen molar-refractivity contribution in [2.45, 2.75) is 18.9 Å². The van der Waals surface area contributed by atoms with Gasteiger partial charge in [0.1, 0.15) is 12.0 Å². The molecule has 0 bridgehead atoms. The number of pyridine rings is 1. The lowest BCUT2D eigenvalue weighted by Crippen LogP contribution is -2.29. The maximum Gasteiger partial charge on any atom is 0.287 e. The molecule has 0 radical (unpaired) electrons. The Morgan fingerprint density at radius 3 is 2.75 bits per heavy atom. The second-order valence-electron chi connectivity index (χ2n) is 3.78. The van der Waals surface area contributed by atoms with Crippen molar-refractivity contribution in [3.8, 4) is 0 Å². The standard InChI is InChI=1S/C10H13N3O3/c14-6-5-12(8-1-2-8)10-4-3-9(7-11-10)13(15)16/h3-4,7-8,14H,1-2,5-6H2. The summed E-state index contributed by atoms with van der Waals surface area (Å²) in [4.78, 5) is 16.0. The van der Waals surface area contributed by atoms with Crippen LogP contribution in [0.5, 0.6) is 0 Å². The van der Waals surface area contributed by atoms with E-state index in [4.69, 9.17) is 5.11 Å². The van der Waals surface area contributed by atoms with E-state index in [1.165, 1.54) is 12.3 Å². The molecule has 1 aromatic heterocycles. The smallest absolute Gasteiger partial charge is 0.287 e. The van der Waals surface area contributed by atoms with Crippen LogP contribution in [0.1, 0.15) is 12.8 Å². The summed E-state index contributed by atoms with van der Waals surface area (Å²) in [6.07, 6.45) is 3.44. The molecule has 1 heterocycles. The van der Waals surface area contributed by atoms with Gasteiger partial charge in [-0.3, -0.25) is 10.1 Å². The Hall–Kier alpha value is -1.69. The molecule has 0 amide bonds. The molecule has 1 aliphatic rings. The van der Waals surface area contributed by atoms with Gasteiger partial charge in [-0.05, 0) is 18.9 Å². The molecule has 1 saturated carbocycles. The molecule has 16 heavy (non-hydrogen) atoms. The van der Waals surface area contributed by atoms with Crippen molar-refractivity contribution in [3.63, 3.8) is 0 Å². The summed E-state index contributed by atoms with van der Waals surface area (Å²) in [5, 5.41) is 19.4. The minimum atomic E-state index is -0.468. The quantitative estimate of drug-likeness (QED) is 0.593. The van der Waals surface area contributed by atoms with Crippen LogP contribution < -0.4 is 4.90 Å². The predicted octanol–water partition coefficient (Wildman–Crippen LogP) is 0.951. The van der Waals surface area contributed by atoms with Crippen LogP contribution in [0.2, 0.25) is 0 Å². The zero-order valence-corrected chi connectivity index (χ0v) is 8.74. The van der Waals surface area contributed by atoms with E-state index in [0.29, 0.717) is 18.4 Å². The van der Waals surface area contributed by atoms with Gasteiger partial charge in [0.25, 0.3) is 5.69 Å². The molecule has 0 aromatic carbocycles. The van der Waals surface area contributed by atoms with Crippen LogP contribution in [0.4, 0.5) is 11.5 Å². The van der Waals surface area contributed by atoms with E-state index >= 15 is 0 Å². The number of anilines is 1. The molecule has 6 heteroatoms. The fourth-order valence-electron chi connectivity index (χ4n) is 1.63. The highest BCUT2D eigenvalue weighted by molar-refractivity contribution is 5.45. The van der Waals surface area contributed by atoms with Crippen molar-refractivity contribution in [2.75, 3.05) is 18.1 Å². The fraction of sp³-hybridized carbons (Fsp3) is 0.500. The molecule has 1 fully saturated rings. The van der Waals surface area contributed by atoms with E-state index in [-0.39, 0.29) is 12.3 Å². The first-order valence-electron chi connectivity index (χ1n) is 5.20. The van der Waals surface area contributed by atoms with E-state index in [2.05, 4.69) is 4.98 Å². The maximum atomic E-state index is 10.5. The van der Waals surface area contributed by atoms with Crippen LogP contribution >= 0.6 is 0 Å². The number of nitro groups is 1. The summed E-state index contributed by atoms with van der Waals surface area (Å²) in [5.41, 5.74) is -0.0107. The number of nitrogens with zero attached hydrogens (tertiary/aromatic N) is 3. The van der Waals surface area contributed by atoms with Crippen molar-refractivity contribution in [1.82, 2.24) is 4.98 Å². The fourth-order valence-corrected chi connectivity index (χ4v) is 1.63. The highest BCUT2D eigenvalue weighted by Gasteiger charge is 2.29. The van der Waals surface area contributed by atoms with E-state index < -0.39 is 4.92 Å². The van der Waals surface area contributed by atoms with Gasteiger partial charge >= 0.3 is 0 Å². The number of hydrogen-bond donors (Lipinski definition) is 1. The Morgan fingerprint density at radius 1 is 1.56 bits per heavy atom. The van der Waals surface area contributed by atoms with E-state index in [0.717, 1.165) is 12.8 Å². The van der Waals surface area contributed by atoms with Gasteiger partial charge in [0.15, 0.2) is 0 Å². The summed E-state index contributed by atoms with van der Waals surface area (Å²) in [6, 6.07) is 3.50. The topological polar surface area (TPSA) is 79.5 Å². The Morgan fingerprint density at radius 2 is 2.31 bits per heavy atom. The number of aromatic nitrogens is 1. The van der Waals surface area contributed by atoms with Crippen molar-refractivity contribution in [3.05, 3.63) is 28.4 Å². The van der Waals surface area contributed by atoms with Crippen LogP contribution in [-0.2, 0) is 0 Å². The minimum absolute atomic E-state index is 0.0107. The predicted molar refractivity (Wildman–Crippen MR) is 58.3 cm³/mol. The molecule has 2 rings (SSSR count). The van der Waals surface area contributed by atoms with Crippen LogP contribution in [0.15, 0.2) is 18.3 Å². The van der Waals surface area contributed by atoms with Gasteiger partial charge < -0.3 is 10.0 Å². The van der Waals surface area contributed by atoms with E-state index in [1.807, 2.05) is 4.90 Å². The second-order valence-corrected chi connectivity index (χ2v) is 3.78. The SMILES string of the molecule is O=[N+]([O-])c1ccc(N(CCO)C2CC2)nc1. The number of rotatable bonds is 5. The van der Waals surface area contributed by atoms with Gasteiger partial charge in [0.2, 0.25) is 0 Å². The molecular formula is C10H13N3O3. The highest BCUT2D eigenvalue weighted by atomic mass is 16.6. The van der Waals surface area contributed by atoms with E-state index in [1.54, 1.807) is 6.07 Å². The molecule has 6 nitrogen and oxygen atoms in total. The minimum Gasteiger partial charge on any atom is -0.395 e. The summed E-state index contributed by atoms with van der Waals surface area (Å²) >= 11 is 0. The third-order valence-electron chi connectivity index (χ3n) is 2.57. The number of aliphatic hydroxyl groups is 1. The lowest BCUT2D eigenvalue weighted by atomic mass is 10.3. The van der Waals surface area contributed by atoms with Gasteiger partial charge in [-0.1, -0.05) is 0 Å². The first-order chi connectivity index (χ1) is 7.72. The Bertz CT molecular complexity index is 375. The number of hydrogen-bond acceptors (Lipinski definition) is 5. The first-order valence-corrected chi connectivity index (χ1v) is 5.20. The maximum absolute atomic E-state index is 10.5. The van der Waals surface area contributed by atoms with Crippen molar-refractivity contribution >= 4 is 11.5 Å². The normalized spacial score (nSPS) is 14.8. The van der Waals surface area contributed by atoms with Crippen molar-refractivity contribution in [2.24, 2.45) is 0 Å². The molecule has 1 N–H and O–H groups in total. The molecule has 0 saturated heterocycles. The molecule has 1 aromatic rings. The van der Waals surface area contributed by atoms with E-state index in [9.17, 15) is 10.1 Å². The summed E-state index contributed by atoms with van der Waals surface area (Å²) < 4.78 is 0. The van der Waals surface area contributed by atoms with Crippen LogP contribution in [-0.4, -0.2) is 34.2 Å². The summed E-state index contributed by atoms with van der Waals surface area (Å²) in [6.45, 7) is 0.588. The Kier molecular flexibility index (Phi) is 3.00. The average molecular weight is 223 g/mol. The van der Waals surface area contributed by atoms with Gasteiger partial charge in [0.05, 0.1) is 11.5 Å². The number of aliphatic hydroxyl groups excluding tert-OH is 1. The average Bonchev–Trinajstić information content (AvgIpc) is 3.10. The monoisotopic (exact) mass is 223 g/mol. The van der Waals surface area contributed by atoms with Gasteiger partial charge in [-0.15, -0.1) is 0 Å². The lowest BCUT2D eigenvalue weighted by Gasteiger charge is -2.21. The molecular weight excluding hydrogens is 210 g/mol. The molecule has 0 unspecified atom stereocenters. The molecule has 0 aliphatic heterocycles. The second kappa shape index (κ2) is 4.44. The largest absolute Gasteiger partial charge is 0.395 e. The van der Waals surface area contributed by atoms with Crippen LogP contribution in [0.3, 0.4) is 0 Å². The Balaban J connectivity index is 2.14.